The molecule has 1 aliphatic rings. The van der Waals surface area contributed by atoms with Gasteiger partial charge in [0.25, 0.3) is 6.08 Å². The van der Waals surface area contributed by atoms with Crippen molar-refractivity contribution in [2.24, 2.45) is 0 Å². The third kappa shape index (κ3) is 1.73. The Hall–Kier alpha value is -1.88. The van der Waals surface area contributed by atoms with Gasteiger partial charge in [0.15, 0.2) is 23.2 Å². The van der Waals surface area contributed by atoms with Crippen LogP contribution in [-0.4, -0.2) is 59.8 Å². The van der Waals surface area contributed by atoms with Gasteiger partial charge in [0.2, 0.25) is 0 Å². The second kappa shape index (κ2) is 4.59. The number of imidazole rings is 1. The van der Waals surface area contributed by atoms with E-state index >= 15 is 0 Å². The zero-order chi connectivity index (χ0) is 14.4. The average molecular weight is 285 g/mol. The van der Waals surface area contributed by atoms with Crippen LogP contribution >= 0.6 is 0 Å². The zero-order valence-electron chi connectivity index (χ0n) is 10.1. The summed E-state index contributed by atoms with van der Waals surface area (Å²) in [6.45, 7) is -0.514. The predicted octanol–water partition coefficient (Wildman–Crippen LogP) is -1.84. The summed E-state index contributed by atoms with van der Waals surface area (Å²) in [6, 6.07) is 0. The summed E-state index contributed by atoms with van der Waals surface area (Å²) in [5.74, 6) is -0.0145. The van der Waals surface area contributed by atoms with E-state index in [4.69, 9.17) is 15.6 Å². The molecule has 20 heavy (non-hydrogen) atoms. The van der Waals surface area contributed by atoms with Crippen LogP contribution in [0.5, 0.6) is 0 Å². The fraction of sp³-hybridized carbons (Fsp3) is 0.500. The lowest BCUT2D eigenvalue weighted by Crippen LogP contribution is -2.33. The molecule has 0 unspecified atom stereocenters. The number of aromatic nitrogens is 4. The highest BCUT2D eigenvalue weighted by molar-refractivity contribution is 5.81. The van der Waals surface area contributed by atoms with Crippen molar-refractivity contribution in [2.45, 2.75) is 24.5 Å². The summed E-state index contributed by atoms with van der Waals surface area (Å²) in [4.78, 5) is 11.1. The third-order valence-corrected chi connectivity index (χ3v) is 3.23. The first-order valence-corrected chi connectivity index (χ1v) is 5.81. The summed E-state index contributed by atoms with van der Waals surface area (Å²) < 4.78 is 20.1. The van der Waals surface area contributed by atoms with E-state index in [0.717, 1.165) is 10.9 Å². The topological polar surface area (TPSA) is 140 Å². The lowest BCUT2D eigenvalue weighted by atomic mass is 10.1. The Balaban J connectivity index is 2.11. The van der Waals surface area contributed by atoms with Crippen LogP contribution in [0.25, 0.3) is 11.2 Å². The van der Waals surface area contributed by atoms with E-state index in [1.165, 1.54) is 0 Å². The maximum Gasteiger partial charge on any atom is 0.293 e. The molecule has 0 spiro atoms. The first-order valence-electron chi connectivity index (χ1n) is 5.81. The summed E-state index contributed by atoms with van der Waals surface area (Å²) >= 11 is 0. The van der Waals surface area contributed by atoms with E-state index < -0.39 is 37.2 Å². The summed E-state index contributed by atoms with van der Waals surface area (Å²) in [5.41, 5.74) is 5.63. The lowest BCUT2D eigenvalue weighted by Gasteiger charge is -2.16. The predicted molar refractivity (Wildman–Crippen MR) is 62.7 cm³/mol. The smallest absolute Gasteiger partial charge is 0.293 e. The maximum absolute atomic E-state index is 14.0. The lowest BCUT2D eigenvalue weighted by molar-refractivity contribution is -0.0558. The average Bonchev–Trinajstić information content (AvgIpc) is 2.90. The fourth-order valence-electron chi connectivity index (χ4n) is 2.22. The molecule has 5 N–H and O–H groups in total. The minimum atomic E-state index is -1.43. The molecule has 1 aliphatic heterocycles. The number of fused-ring (bicyclic) bond motifs is 1. The van der Waals surface area contributed by atoms with Crippen molar-refractivity contribution in [1.82, 2.24) is 19.5 Å². The van der Waals surface area contributed by atoms with Gasteiger partial charge in [-0.05, 0) is 0 Å². The van der Waals surface area contributed by atoms with Gasteiger partial charge in [0.05, 0.1) is 6.61 Å². The minimum Gasteiger partial charge on any atom is -0.394 e. The molecule has 1 saturated heterocycles. The highest BCUT2D eigenvalue weighted by Crippen LogP contribution is 2.32. The standard InChI is InChI=1S/C10H12FN5O4/c11-10-15-4-7(12)13-2-14-8(4)16(10)9-6(19)5(18)3(1-17)20-9/h2-3,5-6,9,17-19H,1H2,(H2,12,13,14)/t3-,5-,6-,9-/m1/s1. The van der Waals surface area contributed by atoms with Crippen molar-refractivity contribution in [1.29, 1.82) is 0 Å². The molecule has 9 nitrogen and oxygen atoms in total. The van der Waals surface area contributed by atoms with Gasteiger partial charge < -0.3 is 25.8 Å². The highest BCUT2D eigenvalue weighted by Gasteiger charge is 2.45. The molecular weight excluding hydrogens is 273 g/mol. The van der Waals surface area contributed by atoms with Gasteiger partial charge in [0.1, 0.15) is 24.6 Å². The minimum absolute atomic E-state index is 0.0145. The number of aliphatic hydroxyl groups excluding tert-OH is 3. The van der Waals surface area contributed by atoms with E-state index in [2.05, 4.69) is 15.0 Å². The van der Waals surface area contributed by atoms with Gasteiger partial charge in [-0.1, -0.05) is 0 Å². The van der Waals surface area contributed by atoms with E-state index in [9.17, 15) is 14.6 Å². The monoisotopic (exact) mass is 285 g/mol. The Kier molecular flexibility index (Phi) is 3.01. The van der Waals surface area contributed by atoms with Crippen LogP contribution in [-0.2, 0) is 4.74 Å². The normalized spacial score (nSPS) is 30.2. The molecule has 0 bridgehead atoms. The Morgan fingerprint density at radius 2 is 2.10 bits per heavy atom. The molecule has 0 saturated carbocycles. The molecule has 1 fully saturated rings. The summed E-state index contributed by atoms with van der Waals surface area (Å²) in [6.07, 6.45) is -4.93. The van der Waals surface area contributed by atoms with Crippen LogP contribution in [0.1, 0.15) is 6.23 Å². The molecule has 3 heterocycles. The molecule has 3 rings (SSSR count). The fourth-order valence-corrected chi connectivity index (χ4v) is 2.22. The molecule has 0 aromatic carbocycles. The van der Waals surface area contributed by atoms with Crippen LogP contribution in [0, 0.1) is 6.08 Å². The van der Waals surface area contributed by atoms with Crippen molar-refractivity contribution in [3.05, 3.63) is 12.4 Å². The highest BCUT2D eigenvalue weighted by atomic mass is 19.1. The first kappa shape index (κ1) is 13.1. The van der Waals surface area contributed by atoms with Crippen molar-refractivity contribution in [3.63, 3.8) is 0 Å². The molecule has 4 atom stereocenters. The number of aliphatic hydroxyl groups is 3. The third-order valence-electron chi connectivity index (χ3n) is 3.23. The number of halogens is 1. The largest absolute Gasteiger partial charge is 0.394 e. The molecule has 0 radical (unpaired) electrons. The SMILES string of the molecule is Nc1ncnc2c1nc(F)n2[C@@H]1O[C@H](CO)[C@@H](O)[C@H]1O. The molecule has 2 aromatic heterocycles. The quantitative estimate of drug-likeness (QED) is 0.472. The van der Waals surface area contributed by atoms with Crippen molar-refractivity contribution in [2.75, 3.05) is 12.3 Å². The number of nitrogens with two attached hydrogens (primary N) is 1. The van der Waals surface area contributed by atoms with Gasteiger partial charge in [0, 0.05) is 0 Å². The van der Waals surface area contributed by atoms with Crippen LogP contribution in [0.15, 0.2) is 6.33 Å². The number of hydrogen-bond acceptors (Lipinski definition) is 8. The summed E-state index contributed by atoms with van der Waals surface area (Å²) in [5, 5.41) is 28.6. The molecule has 108 valence electrons. The maximum atomic E-state index is 14.0. The number of rotatable bonds is 2. The van der Waals surface area contributed by atoms with Gasteiger partial charge in [-0.25, -0.2) is 9.97 Å². The van der Waals surface area contributed by atoms with Gasteiger partial charge in [-0.15, -0.1) is 0 Å². The Morgan fingerprint density at radius 1 is 1.35 bits per heavy atom. The second-order valence-electron chi connectivity index (χ2n) is 4.41. The Bertz CT molecular complexity index is 650. The molecule has 0 amide bonds. The molecule has 2 aromatic rings. The molecule has 0 aliphatic carbocycles. The number of ether oxygens (including phenoxy) is 1. The van der Waals surface area contributed by atoms with Crippen LogP contribution in [0.4, 0.5) is 10.2 Å². The van der Waals surface area contributed by atoms with Gasteiger partial charge in [-0.3, -0.25) is 4.57 Å². The van der Waals surface area contributed by atoms with Crippen molar-refractivity contribution in [3.8, 4) is 0 Å². The molecular formula is C10H12FN5O4. The molecule has 10 heteroatoms. The van der Waals surface area contributed by atoms with E-state index in [1.807, 2.05) is 0 Å². The second-order valence-corrected chi connectivity index (χ2v) is 4.41. The van der Waals surface area contributed by atoms with Gasteiger partial charge >= 0.3 is 0 Å². The Labute approximate surface area is 111 Å². The summed E-state index contributed by atoms with van der Waals surface area (Å²) in [7, 11) is 0. The van der Waals surface area contributed by atoms with Gasteiger partial charge in [-0.2, -0.15) is 9.37 Å². The number of hydrogen-bond donors (Lipinski definition) is 4. The first-order chi connectivity index (χ1) is 9.54. The van der Waals surface area contributed by atoms with Crippen LogP contribution in [0.2, 0.25) is 0 Å². The Morgan fingerprint density at radius 3 is 2.75 bits per heavy atom. The number of nitrogen functional groups attached to an aromatic ring is 1. The van der Waals surface area contributed by atoms with Crippen LogP contribution < -0.4 is 5.73 Å². The number of anilines is 1. The van der Waals surface area contributed by atoms with Crippen molar-refractivity contribution >= 4 is 17.0 Å². The van der Waals surface area contributed by atoms with E-state index in [1.54, 1.807) is 0 Å². The zero-order valence-corrected chi connectivity index (χ0v) is 10.1. The van der Waals surface area contributed by atoms with Crippen LogP contribution in [0.3, 0.4) is 0 Å². The van der Waals surface area contributed by atoms with Crippen molar-refractivity contribution < 1.29 is 24.4 Å². The number of nitrogens with zero attached hydrogens (tertiary/aromatic N) is 4. The van der Waals surface area contributed by atoms with E-state index in [0.29, 0.717) is 0 Å². The van der Waals surface area contributed by atoms with E-state index in [-0.39, 0.29) is 17.0 Å².